The normalized spacial score (nSPS) is 10.9. The third-order valence-electron chi connectivity index (χ3n) is 2.25. The van der Waals surface area contributed by atoms with Crippen LogP contribution in [0.15, 0.2) is 18.2 Å². The number of carboxylic acids is 1. The summed E-state index contributed by atoms with van der Waals surface area (Å²) in [6, 6.07) is 4.82. The molecule has 0 aliphatic rings. The lowest BCUT2D eigenvalue weighted by Crippen LogP contribution is -2.35. The third-order valence-corrected chi connectivity index (χ3v) is 3.51. The van der Waals surface area contributed by atoms with Gasteiger partial charge in [0.05, 0.1) is 38.4 Å². The van der Waals surface area contributed by atoms with Gasteiger partial charge in [0.1, 0.15) is 5.52 Å². The van der Waals surface area contributed by atoms with Gasteiger partial charge in [0.2, 0.25) is 0 Å². The molecule has 19 heavy (non-hydrogen) atoms. The highest BCUT2D eigenvalue weighted by atomic mass is 127. The average Bonchev–Trinajstić information content (AvgIpc) is 2.75. The van der Waals surface area contributed by atoms with Crippen molar-refractivity contribution in [3.8, 4) is 0 Å². The SMILES string of the molecule is C[N+](C)(C)CCI.O=C([O-])c1cccc2nnsc12. The fourth-order valence-electron chi connectivity index (χ4n) is 1.22. The van der Waals surface area contributed by atoms with E-state index in [0.29, 0.717) is 10.2 Å². The summed E-state index contributed by atoms with van der Waals surface area (Å²) in [5.74, 6) is -1.19. The Morgan fingerprint density at radius 3 is 2.58 bits per heavy atom. The van der Waals surface area contributed by atoms with Crippen molar-refractivity contribution in [3.05, 3.63) is 23.8 Å². The van der Waals surface area contributed by atoms with Crippen molar-refractivity contribution in [1.82, 2.24) is 9.59 Å². The van der Waals surface area contributed by atoms with Crippen molar-refractivity contribution in [2.24, 2.45) is 0 Å². The van der Waals surface area contributed by atoms with Crippen LogP contribution in [0.4, 0.5) is 0 Å². The summed E-state index contributed by atoms with van der Waals surface area (Å²) in [6.45, 7) is 1.26. The number of carbonyl (C=O) groups is 1. The summed E-state index contributed by atoms with van der Waals surface area (Å²) < 4.78 is 6.55. The number of hydrogen-bond donors (Lipinski definition) is 0. The molecule has 2 rings (SSSR count). The second-order valence-electron chi connectivity index (χ2n) is 4.92. The summed E-state index contributed by atoms with van der Waals surface area (Å²) in [5, 5.41) is 14.3. The summed E-state index contributed by atoms with van der Waals surface area (Å²) in [5.41, 5.74) is 0.754. The molecule has 7 heteroatoms. The van der Waals surface area contributed by atoms with Crippen molar-refractivity contribution >= 4 is 50.3 Å². The van der Waals surface area contributed by atoms with E-state index < -0.39 is 5.97 Å². The van der Waals surface area contributed by atoms with Crippen molar-refractivity contribution < 1.29 is 14.4 Å². The van der Waals surface area contributed by atoms with Crippen molar-refractivity contribution in [2.45, 2.75) is 0 Å². The van der Waals surface area contributed by atoms with Crippen molar-refractivity contribution in [3.63, 3.8) is 0 Å². The Morgan fingerprint density at radius 2 is 2.11 bits per heavy atom. The van der Waals surface area contributed by atoms with E-state index in [1.54, 1.807) is 12.1 Å². The van der Waals surface area contributed by atoms with Crippen LogP contribution in [0.25, 0.3) is 10.2 Å². The predicted molar refractivity (Wildman–Crippen MR) is 83.5 cm³/mol. The van der Waals surface area contributed by atoms with Crippen LogP contribution >= 0.6 is 34.1 Å². The van der Waals surface area contributed by atoms with Gasteiger partial charge in [-0.1, -0.05) is 39.2 Å². The van der Waals surface area contributed by atoms with E-state index in [1.165, 1.54) is 17.0 Å². The molecule has 2 aromatic rings. The number of benzene rings is 1. The van der Waals surface area contributed by atoms with Crippen LogP contribution in [0, 0.1) is 0 Å². The van der Waals surface area contributed by atoms with Gasteiger partial charge in [-0.15, -0.1) is 5.10 Å². The maximum atomic E-state index is 10.6. The molecule has 0 bridgehead atoms. The van der Waals surface area contributed by atoms with Gasteiger partial charge in [0, 0.05) is 9.99 Å². The molecule has 0 amide bonds. The van der Waals surface area contributed by atoms with E-state index in [0.717, 1.165) is 16.0 Å². The Hall–Kier alpha value is -0.800. The number of halogens is 1. The molecule has 0 saturated carbocycles. The molecule has 0 spiro atoms. The monoisotopic (exact) mass is 393 g/mol. The smallest absolute Gasteiger partial charge is 0.106 e. The predicted octanol–water partition coefficient (Wildman–Crippen LogP) is 1.18. The maximum absolute atomic E-state index is 10.6. The van der Waals surface area contributed by atoms with Gasteiger partial charge in [-0.3, -0.25) is 0 Å². The molecule has 0 unspecified atom stereocenters. The van der Waals surface area contributed by atoms with Crippen molar-refractivity contribution in [1.29, 1.82) is 0 Å². The lowest BCUT2D eigenvalue weighted by Gasteiger charge is -2.21. The Labute approximate surface area is 130 Å². The number of nitrogens with zero attached hydrogens (tertiary/aromatic N) is 3. The van der Waals surface area contributed by atoms with E-state index in [1.807, 2.05) is 0 Å². The number of aromatic nitrogens is 2. The Balaban J connectivity index is 0.000000224. The van der Waals surface area contributed by atoms with Crippen LogP contribution in [-0.4, -0.2) is 52.2 Å². The van der Waals surface area contributed by atoms with E-state index in [4.69, 9.17) is 0 Å². The molecule has 0 aliphatic heterocycles. The molecule has 1 heterocycles. The number of fused-ring (bicyclic) bond motifs is 1. The van der Waals surface area contributed by atoms with E-state index in [9.17, 15) is 9.90 Å². The highest BCUT2D eigenvalue weighted by molar-refractivity contribution is 14.1. The summed E-state index contributed by atoms with van der Waals surface area (Å²) in [4.78, 5) is 10.6. The Bertz CT molecular complexity index is 551. The fourth-order valence-corrected chi connectivity index (χ4v) is 3.33. The summed E-state index contributed by atoms with van der Waals surface area (Å²) in [6.07, 6.45) is 0. The molecule has 0 fully saturated rings. The second kappa shape index (κ2) is 7.11. The number of hydrogen-bond acceptors (Lipinski definition) is 5. The van der Waals surface area contributed by atoms with E-state index in [2.05, 4.69) is 53.3 Å². The highest BCUT2D eigenvalue weighted by Crippen LogP contribution is 2.19. The first-order valence-corrected chi connectivity index (χ1v) is 7.94. The topological polar surface area (TPSA) is 65.9 Å². The first-order valence-electron chi connectivity index (χ1n) is 5.64. The fraction of sp³-hybridized carbons (Fsp3) is 0.417. The maximum Gasteiger partial charge on any atom is 0.106 e. The quantitative estimate of drug-likeness (QED) is 0.446. The molecular formula is C12H16IN3O2S. The molecule has 0 N–H and O–H groups in total. The van der Waals surface area contributed by atoms with Gasteiger partial charge in [0.15, 0.2) is 0 Å². The molecule has 5 nitrogen and oxygen atoms in total. The standard InChI is InChI=1S/C7H4N2O2S.C5H13IN/c10-7(11)4-2-1-3-5-6(4)12-9-8-5;1-7(2,3)5-4-6/h1-3H,(H,10,11);4-5H2,1-3H3/q;+1/p-1. The number of rotatable bonds is 3. The van der Waals surface area contributed by atoms with Gasteiger partial charge >= 0.3 is 0 Å². The zero-order valence-corrected chi connectivity index (χ0v) is 14.1. The number of alkyl halides is 1. The van der Waals surface area contributed by atoms with Crippen LogP contribution in [0.3, 0.4) is 0 Å². The van der Waals surface area contributed by atoms with Gasteiger partial charge < -0.3 is 14.4 Å². The largest absolute Gasteiger partial charge is 0.545 e. The van der Waals surface area contributed by atoms with Gasteiger partial charge in [0.25, 0.3) is 0 Å². The minimum atomic E-state index is -1.19. The number of carboxylic acid groups (broad SMARTS) is 1. The first-order chi connectivity index (χ1) is 8.85. The van der Waals surface area contributed by atoms with Crippen LogP contribution < -0.4 is 5.11 Å². The van der Waals surface area contributed by atoms with Crippen LogP contribution in [0.2, 0.25) is 0 Å². The van der Waals surface area contributed by atoms with E-state index >= 15 is 0 Å². The minimum absolute atomic E-state index is 0.155. The molecule has 104 valence electrons. The van der Waals surface area contributed by atoms with Gasteiger partial charge in [-0.2, -0.15) is 0 Å². The summed E-state index contributed by atoms with van der Waals surface area (Å²) in [7, 11) is 6.62. The molecule has 1 aromatic heterocycles. The van der Waals surface area contributed by atoms with Gasteiger partial charge in [-0.25, -0.2) is 0 Å². The third kappa shape index (κ3) is 5.37. The number of aromatic carboxylic acids is 1. The van der Waals surface area contributed by atoms with Crippen LogP contribution in [0.5, 0.6) is 0 Å². The van der Waals surface area contributed by atoms with Crippen molar-refractivity contribution in [2.75, 3.05) is 32.1 Å². The molecule has 0 aliphatic carbocycles. The zero-order valence-electron chi connectivity index (χ0n) is 11.1. The van der Waals surface area contributed by atoms with Gasteiger partial charge in [-0.05, 0) is 17.6 Å². The average molecular weight is 393 g/mol. The highest BCUT2D eigenvalue weighted by Gasteiger charge is 2.04. The van der Waals surface area contributed by atoms with Crippen LogP contribution in [-0.2, 0) is 0 Å². The lowest BCUT2D eigenvalue weighted by molar-refractivity contribution is -0.867. The molecule has 0 saturated heterocycles. The Kier molecular flexibility index (Phi) is 6.08. The number of quaternary nitrogens is 1. The molecular weight excluding hydrogens is 377 g/mol. The molecule has 0 radical (unpaired) electrons. The lowest BCUT2D eigenvalue weighted by atomic mass is 10.2. The minimum Gasteiger partial charge on any atom is -0.545 e. The number of carbonyl (C=O) groups excluding carboxylic acids is 1. The van der Waals surface area contributed by atoms with E-state index in [-0.39, 0.29) is 5.56 Å². The molecule has 1 aromatic carbocycles. The summed E-state index contributed by atoms with van der Waals surface area (Å²) >= 11 is 3.46. The molecule has 0 atom stereocenters. The second-order valence-corrected chi connectivity index (χ2v) is 6.75. The zero-order chi connectivity index (χ0) is 14.5. The van der Waals surface area contributed by atoms with Crippen LogP contribution in [0.1, 0.15) is 10.4 Å². The Morgan fingerprint density at radius 1 is 1.42 bits per heavy atom. The first kappa shape index (κ1) is 16.3.